The van der Waals surface area contributed by atoms with Crippen LogP contribution in [-0.4, -0.2) is 23.6 Å². The fourth-order valence-electron chi connectivity index (χ4n) is 3.80. The second-order valence-corrected chi connectivity index (χ2v) is 8.06. The third-order valence-electron chi connectivity index (χ3n) is 5.30. The number of fused-ring (bicyclic) bond motifs is 1. The van der Waals surface area contributed by atoms with E-state index in [1.54, 1.807) is 24.3 Å². The lowest BCUT2D eigenvalue weighted by molar-refractivity contribution is -0.115. The number of aromatic nitrogens is 1. The largest absolute Gasteiger partial charge is 0.325 e. The molecule has 0 unspecified atom stereocenters. The van der Waals surface area contributed by atoms with Gasteiger partial charge in [0.1, 0.15) is 0 Å². The van der Waals surface area contributed by atoms with E-state index in [4.69, 9.17) is 23.2 Å². The number of halogens is 2. The molecule has 1 fully saturated rings. The zero-order valence-corrected chi connectivity index (χ0v) is 17.3. The third kappa shape index (κ3) is 4.32. The fourth-order valence-corrected chi connectivity index (χ4v) is 4.12. The van der Waals surface area contributed by atoms with Crippen LogP contribution in [0.1, 0.15) is 24.4 Å². The number of piperidine rings is 1. The monoisotopic (exact) mass is 429 g/mol. The first kappa shape index (κ1) is 20.0. The Morgan fingerprint density at radius 1 is 1.07 bits per heavy atom. The molecule has 1 saturated heterocycles. The minimum absolute atomic E-state index is 0.0185. The molecule has 29 heavy (non-hydrogen) atoms. The van der Waals surface area contributed by atoms with Crippen molar-refractivity contribution in [3.63, 3.8) is 0 Å². The van der Waals surface area contributed by atoms with E-state index in [1.807, 2.05) is 29.0 Å². The summed E-state index contributed by atoms with van der Waals surface area (Å²) in [7, 11) is 0. The van der Waals surface area contributed by atoms with Crippen LogP contribution in [0.4, 0.5) is 5.69 Å². The molecule has 5 nitrogen and oxygen atoms in total. The lowest BCUT2D eigenvalue weighted by Gasteiger charge is -2.25. The molecule has 1 aliphatic heterocycles. The smallest absolute Gasteiger partial charge is 0.258 e. The van der Waals surface area contributed by atoms with Crippen molar-refractivity contribution in [3.05, 3.63) is 74.6 Å². The maximum atomic E-state index is 13.0. The number of anilines is 1. The minimum Gasteiger partial charge on any atom is -0.325 e. The van der Waals surface area contributed by atoms with Crippen LogP contribution in [0, 0.1) is 0 Å². The van der Waals surface area contributed by atoms with Crippen LogP contribution >= 0.6 is 23.2 Å². The molecule has 1 aromatic heterocycles. The highest BCUT2D eigenvalue weighted by Crippen LogP contribution is 2.25. The summed E-state index contributed by atoms with van der Waals surface area (Å²) in [5.41, 5.74) is 1.38. The van der Waals surface area contributed by atoms with E-state index < -0.39 is 0 Å². The van der Waals surface area contributed by atoms with Crippen LogP contribution in [0.2, 0.25) is 10.0 Å². The molecule has 2 aromatic carbocycles. The summed E-state index contributed by atoms with van der Waals surface area (Å²) < 4.78 is 1.82. The van der Waals surface area contributed by atoms with Gasteiger partial charge in [-0.1, -0.05) is 35.3 Å². The molecule has 3 aromatic rings. The van der Waals surface area contributed by atoms with Crippen molar-refractivity contribution >= 4 is 45.6 Å². The maximum Gasteiger partial charge on any atom is 0.258 e. The molecular weight excluding hydrogens is 409 g/mol. The number of hydrogen-bond donors (Lipinski definition) is 2. The fraction of sp³-hybridized carbons (Fsp3) is 0.273. The Balaban J connectivity index is 1.59. The molecule has 0 bridgehead atoms. The van der Waals surface area contributed by atoms with Crippen molar-refractivity contribution in [3.8, 4) is 0 Å². The quantitative estimate of drug-likeness (QED) is 0.645. The SMILES string of the molecule is O=C(Cc1ccc(Cl)c(Cl)c1)Nc1cccc2c(=O)n(C3CCNCC3)ccc12. The minimum atomic E-state index is -0.182. The topological polar surface area (TPSA) is 63.1 Å². The van der Waals surface area contributed by atoms with Gasteiger partial charge < -0.3 is 15.2 Å². The Labute approximate surface area is 178 Å². The van der Waals surface area contributed by atoms with Gasteiger partial charge in [-0.25, -0.2) is 0 Å². The van der Waals surface area contributed by atoms with Crippen LogP contribution in [0.25, 0.3) is 10.8 Å². The van der Waals surface area contributed by atoms with Crippen LogP contribution < -0.4 is 16.2 Å². The number of carbonyl (C=O) groups excluding carboxylic acids is 1. The summed E-state index contributed by atoms with van der Waals surface area (Å²) in [4.78, 5) is 25.6. The summed E-state index contributed by atoms with van der Waals surface area (Å²) in [6.45, 7) is 1.83. The van der Waals surface area contributed by atoms with Gasteiger partial charge in [-0.2, -0.15) is 0 Å². The molecule has 0 spiro atoms. The number of rotatable bonds is 4. The zero-order chi connectivity index (χ0) is 20.4. The average molecular weight is 430 g/mol. The van der Waals surface area contributed by atoms with E-state index in [1.165, 1.54) is 0 Å². The van der Waals surface area contributed by atoms with Crippen LogP contribution in [0.15, 0.2) is 53.5 Å². The summed E-state index contributed by atoms with van der Waals surface area (Å²) in [5.74, 6) is -0.182. The number of pyridine rings is 1. The Bertz CT molecular complexity index is 1120. The third-order valence-corrected chi connectivity index (χ3v) is 6.04. The molecule has 2 heterocycles. The van der Waals surface area contributed by atoms with Crippen molar-refractivity contribution in [2.75, 3.05) is 18.4 Å². The zero-order valence-electron chi connectivity index (χ0n) is 15.8. The molecular formula is C22H21Cl2N3O2. The van der Waals surface area contributed by atoms with Gasteiger partial charge in [0, 0.05) is 28.7 Å². The van der Waals surface area contributed by atoms with Crippen molar-refractivity contribution < 1.29 is 4.79 Å². The van der Waals surface area contributed by atoms with E-state index >= 15 is 0 Å². The van der Waals surface area contributed by atoms with E-state index in [0.717, 1.165) is 36.9 Å². The van der Waals surface area contributed by atoms with Crippen molar-refractivity contribution in [2.24, 2.45) is 0 Å². The summed E-state index contributed by atoms with van der Waals surface area (Å²) in [5, 5.41) is 8.46. The first-order valence-electron chi connectivity index (χ1n) is 9.61. The Hall–Kier alpha value is -2.34. The highest BCUT2D eigenvalue weighted by atomic mass is 35.5. The summed E-state index contributed by atoms with van der Waals surface area (Å²) in [6.07, 6.45) is 3.88. The molecule has 1 aliphatic rings. The van der Waals surface area contributed by atoms with E-state index in [-0.39, 0.29) is 23.9 Å². The highest BCUT2D eigenvalue weighted by Gasteiger charge is 2.17. The lowest BCUT2D eigenvalue weighted by atomic mass is 10.0. The average Bonchev–Trinajstić information content (AvgIpc) is 2.72. The number of carbonyl (C=O) groups is 1. The molecule has 7 heteroatoms. The number of amides is 1. The van der Waals surface area contributed by atoms with Gasteiger partial charge in [0.05, 0.1) is 16.5 Å². The second-order valence-electron chi connectivity index (χ2n) is 7.25. The number of hydrogen-bond acceptors (Lipinski definition) is 3. The van der Waals surface area contributed by atoms with Crippen molar-refractivity contribution in [1.29, 1.82) is 0 Å². The molecule has 4 rings (SSSR count). The number of nitrogens with one attached hydrogen (secondary N) is 2. The second kappa shape index (κ2) is 8.57. The van der Waals surface area contributed by atoms with Crippen LogP contribution in [0.3, 0.4) is 0 Å². The van der Waals surface area contributed by atoms with Gasteiger partial charge in [-0.15, -0.1) is 0 Å². The first-order valence-corrected chi connectivity index (χ1v) is 10.4. The van der Waals surface area contributed by atoms with Gasteiger partial charge in [-0.05, 0) is 61.8 Å². The molecule has 0 saturated carbocycles. The van der Waals surface area contributed by atoms with Gasteiger partial charge >= 0.3 is 0 Å². The molecule has 2 N–H and O–H groups in total. The van der Waals surface area contributed by atoms with E-state index in [0.29, 0.717) is 21.1 Å². The Morgan fingerprint density at radius 2 is 1.86 bits per heavy atom. The summed E-state index contributed by atoms with van der Waals surface area (Å²) in [6, 6.07) is 12.7. The van der Waals surface area contributed by atoms with Gasteiger partial charge in [0.25, 0.3) is 5.56 Å². The maximum absolute atomic E-state index is 13.0. The van der Waals surface area contributed by atoms with Crippen LogP contribution in [0.5, 0.6) is 0 Å². The van der Waals surface area contributed by atoms with Gasteiger partial charge in [0.15, 0.2) is 0 Å². The van der Waals surface area contributed by atoms with Crippen molar-refractivity contribution in [2.45, 2.75) is 25.3 Å². The summed E-state index contributed by atoms with van der Waals surface area (Å²) >= 11 is 12.0. The molecule has 0 aliphatic carbocycles. The van der Waals surface area contributed by atoms with Crippen LogP contribution in [-0.2, 0) is 11.2 Å². The van der Waals surface area contributed by atoms with Gasteiger partial charge in [-0.3, -0.25) is 9.59 Å². The van der Waals surface area contributed by atoms with Gasteiger partial charge in [0.2, 0.25) is 5.91 Å². The molecule has 1 amide bonds. The standard InChI is InChI=1S/C22H21Cl2N3O2/c23-18-5-4-14(12-19(18)24)13-21(28)26-20-3-1-2-17-16(20)8-11-27(22(17)29)15-6-9-25-10-7-15/h1-5,8,11-12,15,25H,6-7,9-10,13H2,(H,26,28). The molecule has 0 atom stereocenters. The Morgan fingerprint density at radius 3 is 2.62 bits per heavy atom. The first-order chi connectivity index (χ1) is 14.0. The molecule has 0 radical (unpaired) electrons. The van der Waals surface area contributed by atoms with E-state index in [9.17, 15) is 9.59 Å². The normalized spacial score (nSPS) is 14.8. The predicted molar refractivity (Wildman–Crippen MR) is 118 cm³/mol. The van der Waals surface area contributed by atoms with E-state index in [2.05, 4.69) is 10.6 Å². The van der Waals surface area contributed by atoms with Crippen molar-refractivity contribution in [1.82, 2.24) is 9.88 Å². The molecule has 150 valence electrons. The number of benzene rings is 2. The number of nitrogens with zero attached hydrogens (tertiary/aromatic N) is 1. The predicted octanol–water partition coefficient (Wildman–Crippen LogP) is 4.41. The Kier molecular flexibility index (Phi) is 5.90. The highest BCUT2D eigenvalue weighted by molar-refractivity contribution is 6.42. The lowest BCUT2D eigenvalue weighted by Crippen LogP contribution is -2.34.